The van der Waals surface area contributed by atoms with Crippen molar-refractivity contribution in [2.24, 2.45) is 5.92 Å². The number of hydrogen-bond donors (Lipinski definition) is 1. The molecule has 0 saturated carbocycles. The van der Waals surface area contributed by atoms with Crippen molar-refractivity contribution in [1.82, 2.24) is 15.0 Å². The normalized spacial score (nSPS) is 12.6. The van der Waals surface area contributed by atoms with Gasteiger partial charge in [0.25, 0.3) is 0 Å². The van der Waals surface area contributed by atoms with Crippen LogP contribution in [0.5, 0.6) is 6.01 Å². The van der Waals surface area contributed by atoms with Crippen molar-refractivity contribution in [2.75, 3.05) is 24.3 Å². The maximum atomic E-state index is 5.63. The largest absolute Gasteiger partial charge is 0.464 e. The maximum Gasteiger partial charge on any atom is 0.323 e. The molecule has 6 heteroatoms. The number of nitrogens with zero attached hydrogens (tertiary/aromatic N) is 4. The molecule has 0 bridgehead atoms. The first-order valence-corrected chi connectivity index (χ1v) is 5.82. The standard InChI is InChI=1S/C11H21N5O/c1-6-17-11-14-9(12)13-10(15-11)16(5)8(4)7(2)3/h7-8H,6H2,1-5H3,(H2,12,13,14,15). The lowest BCUT2D eigenvalue weighted by Crippen LogP contribution is -2.34. The number of ether oxygens (including phenoxy) is 1. The number of hydrogen-bond acceptors (Lipinski definition) is 6. The molecule has 17 heavy (non-hydrogen) atoms. The first-order valence-electron chi connectivity index (χ1n) is 5.82. The van der Waals surface area contributed by atoms with E-state index in [0.717, 1.165) is 0 Å². The van der Waals surface area contributed by atoms with Gasteiger partial charge < -0.3 is 15.4 Å². The van der Waals surface area contributed by atoms with E-state index in [1.807, 2.05) is 18.9 Å². The Bertz CT molecular complexity index is 369. The van der Waals surface area contributed by atoms with E-state index >= 15 is 0 Å². The summed E-state index contributed by atoms with van der Waals surface area (Å²) < 4.78 is 5.25. The zero-order chi connectivity index (χ0) is 13.0. The van der Waals surface area contributed by atoms with Crippen LogP contribution >= 0.6 is 0 Å². The zero-order valence-electron chi connectivity index (χ0n) is 11.1. The van der Waals surface area contributed by atoms with E-state index in [4.69, 9.17) is 10.5 Å². The summed E-state index contributed by atoms with van der Waals surface area (Å²) in [4.78, 5) is 14.2. The second-order valence-corrected chi connectivity index (χ2v) is 4.30. The van der Waals surface area contributed by atoms with Crippen molar-refractivity contribution < 1.29 is 4.74 Å². The Morgan fingerprint density at radius 2 is 1.88 bits per heavy atom. The Morgan fingerprint density at radius 3 is 2.41 bits per heavy atom. The highest BCUT2D eigenvalue weighted by Crippen LogP contribution is 2.17. The van der Waals surface area contributed by atoms with Crippen LogP contribution in [0, 0.1) is 5.92 Å². The highest BCUT2D eigenvalue weighted by molar-refractivity contribution is 5.36. The minimum absolute atomic E-state index is 0.182. The van der Waals surface area contributed by atoms with Gasteiger partial charge in [0, 0.05) is 13.1 Å². The van der Waals surface area contributed by atoms with E-state index in [9.17, 15) is 0 Å². The topological polar surface area (TPSA) is 77.2 Å². The molecule has 1 heterocycles. The molecular weight excluding hydrogens is 218 g/mol. The van der Waals surface area contributed by atoms with E-state index in [1.54, 1.807) is 0 Å². The van der Waals surface area contributed by atoms with Crippen molar-refractivity contribution in [3.05, 3.63) is 0 Å². The Morgan fingerprint density at radius 1 is 1.24 bits per heavy atom. The molecule has 0 aliphatic heterocycles. The van der Waals surface area contributed by atoms with Crippen LogP contribution in [0.4, 0.5) is 11.9 Å². The summed E-state index contributed by atoms with van der Waals surface area (Å²) in [5.74, 6) is 1.22. The molecule has 0 aliphatic carbocycles. The van der Waals surface area contributed by atoms with Gasteiger partial charge in [-0.1, -0.05) is 13.8 Å². The molecule has 0 spiro atoms. The number of nitrogen functional groups attached to an aromatic ring is 1. The Hall–Kier alpha value is -1.59. The summed E-state index contributed by atoms with van der Waals surface area (Å²) >= 11 is 0. The molecule has 0 aliphatic rings. The number of nitrogens with two attached hydrogens (primary N) is 1. The monoisotopic (exact) mass is 239 g/mol. The third kappa shape index (κ3) is 3.44. The van der Waals surface area contributed by atoms with Gasteiger partial charge in [-0.05, 0) is 19.8 Å². The van der Waals surface area contributed by atoms with Crippen molar-refractivity contribution in [1.29, 1.82) is 0 Å². The summed E-state index contributed by atoms with van der Waals surface area (Å²) in [5.41, 5.74) is 5.63. The Kier molecular flexibility index (Phi) is 4.48. The molecule has 0 aromatic carbocycles. The SMILES string of the molecule is CCOc1nc(N)nc(N(C)C(C)C(C)C)n1. The van der Waals surface area contributed by atoms with Gasteiger partial charge in [-0.2, -0.15) is 15.0 Å². The van der Waals surface area contributed by atoms with Gasteiger partial charge in [-0.25, -0.2) is 0 Å². The molecular formula is C11H21N5O. The van der Waals surface area contributed by atoms with Crippen molar-refractivity contribution in [3.8, 4) is 6.01 Å². The molecule has 2 N–H and O–H groups in total. The van der Waals surface area contributed by atoms with E-state index in [2.05, 4.69) is 35.7 Å². The molecule has 0 radical (unpaired) electrons. The molecule has 0 amide bonds. The van der Waals surface area contributed by atoms with Gasteiger partial charge in [0.2, 0.25) is 11.9 Å². The molecule has 1 rings (SSSR count). The highest BCUT2D eigenvalue weighted by atomic mass is 16.5. The average molecular weight is 239 g/mol. The fourth-order valence-corrected chi connectivity index (χ4v) is 1.34. The maximum absolute atomic E-state index is 5.63. The van der Waals surface area contributed by atoms with Crippen molar-refractivity contribution >= 4 is 11.9 Å². The summed E-state index contributed by atoms with van der Waals surface area (Å²) in [6.07, 6.45) is 0. The molecule has 6 nitrogen and oxygen atoms in total. The Labute approximate surface area is 102 Å². The van der Waals surface area contributed by atoms with Gasteiger partial charge in [0.1, 0.15) is 0 Å². The minimum atomic E-state index is 0.182. The molecule has 96 valence electrons. The first kappa shape index (κ1) is 13.5. The number of rotatable bonds is 5. The quantitative estimate of drug-likeness (QED) is 0.835. The van der Waals surface area contributed by atoms with Gasteiger partial charge in [0.05, 0.1) is 6.61 Å². The second kappa shape index (κ2) is 5.65. The third-order valence-electron chi connectivity index (χ3n) is 2.79. The van der Waals surface area contributed by atoms with E-state index in [0.29, 0.717) is 24.5 Å². The van der Waals surface area contributed by atoms with Gasteiger partial charge in [0.15, 0.2) is 0 Å². The first-order chi connectivity index (χ1) is 7.95. The van der Waals surface area contributed by atoms with E-state index < -0.39 is 0 Å². The fraction of sp³-hybridized carbons (Fsp3) is 0.727. The summed E-state index contributed by atoms with van der Waals surface area (Å²) in [7, 11) is 1.94. The van der Waals surface area contributed by atoms with Gasteiger partial charge >= 0.3 is 6.01 Å². The third-order valence-corrected chi connectivity index (χ3v) is 2.79. The highest BCUT2D eigenvalue weighted by Gasteiger charge is 2.17. The fourth-order valence-electron chi connectivity index (χ4n) is 1.34. The molecule has 1 aromatic heterocycles. The lowest BCUT2D eigenvalue weighted by atomic mass is 10.1. The molecule has 1 atom stereocenters. The smallest absolute Gasteiger partial charge is 0.323 e. The van der Waals surface area contributed by atoms with Crippen LogP contribution in [0.15, 0.2) is 0 Å². The van der Waals surface area contributed by atoms with Crippen LogP contribution in [0.1, 0.15) is 27.7 Å². The van der Waals surface area contributed by atoms with Crippen LogP contribution in [-0.4, -0.2) is 34.6 Å². The predicted octanol–water partition coefficient (Wildman–Crippen LogP) is 1.33. The Balaban J connectivity index is 2.96. The van der Waals surface area contributed by atoms with E-state index in [1.165, 1.54) is 0 Å². The molecule has 0 saturated heterocycles. The van der Waals surface area contributed by atoms with Crippen molar-refractivity contribution in [3.63, 3.8) is 0 Å². The molecule has 0 fully saturated rings. The number of aromatic nitrogens is 3. The van der Waals surface area contributed by atoms with Crippen molar-refractivity contribution in [2.45, 2.75) is 33.7 Å². The van der Waals surface area contributed by atoms with Crippen LogP contribution in [0.2, 0.25) is 0 Å². The summed E-state index contributed by atoms with van der Waals surface area (Å²) in [6.45, 7) is 8.79. The van der Waals surface area contributed by atoms with Crippen LogP contribution < -0.4 is 15.4 Å². The molecule has 1 unspecified atom stereocenters. The molecule has 1 aromatic rings. The average Bonchev–Trinajstić information content (AvgIpc) is 2.26. The zero-order valence-corrected chi connectivity index (χ0v) is 11.1. The lowest BCUT2D eigenvalue weighted by molar-refractivity contribution is 0.311. The summed E-state index contributed by atoms with van der Waals surface area (Å²) in [5, 5.41) is 0. The predicted molar refractivity (Wildman–Crippen MR) is 68.1 cm³/mol. The second-order valence-electron chi connectivity index (χ2n) is 4.30. The van der Waals surface area contributed by atoms with Crippen LogP contribution in [0.3, 0.4) is 0 Å². The summed E-state index contributed by atoms with van der Waals surface area (Å²) in [6, 6.07) is 0.587. The number of anilines is 2. The van der Waals surface area contributed by atoms with E-state index in [-0.39, 0.29) is 12.0 Å². The van der Waals surface area contributed by atoms with Gasteiger partial charge in [-0.3, -0.25) is 0 Å². The van der Waals surface area contributed by atoms with Crippen LogP contribution in [-0.2, 0) is 0 Å². The van der Waals surface area contributed by atoms with Gasteiger partial charge in [-0.15, -0.1) is 0 Å². The lowest BCUT2D eigenvalue weighted by Gasteiger charge is -2.27. The van der Waals surface area contributed by atoms with Crippen LogP contribution in [0.25, 0.3) is 0 Å². The minimum Gasteiger partial charge on any atom is -0.464 e.